The van der Waals surface area contributed by atoms with Crippen LogP contribution in [0.2, 0.25) is 0 Å². The van der Waals surface area contributed by atoms with Gasteiger partial charge in [-0.2, -0.15) is 0 Å². The Hall–Kier alpha value is -1.39. The van der Waals surface area contributed by atoms with Crippen molar-refractivity contribution in [2.45, 2.75) is 6.04 Å². The predicted molar refractivity (Wildman–Crippen MR) is 54.7 cm³/mol. The Labute approximate surface area is 82.0 Å². The van der Waals surface area contributed by atoms with E-state index in [-0.39, 0.29) is 12.6 Å². The van der Waals surface area contributed by atoms with Crippen LogP contribution < -0.4 is 5.73 Å². The van der Waals surface area contributed by atoms with Crippen molar-refractivity contribution in [3.05, 3.63) is 30.1 Å². The molecule has 0 saturated carbocycles. The molecule has 0 bridgehead atoms. The zero-order valence-electron chi connectivity index (χ0n) is 8.01. The number of aromatic nitrogens is 2. The standard InChI is InChI=1S/C10H13N3O/c1-13-5-8(9(11)6-14)7-3-2-4-12-10(7)13/h2-5,9,14H,6,11H2,1H3/t9-/m0/s1. The smallest absolute Gasteiger partial charge is 0.139 e. The molecule has 0 fully saturated rings. The molecule has 0 radical (unpaired) electrons. The molecule has 3 N–H and O–H groups in total. The SMILES string of the molecule is Cn1cc([C@@H](N)CO)c2cccnc21. The van der Waals surface area contributed by atoms with Gasteiger partial charge >= 0.3 is 0 Å². The van der Waals surface area contributed by atoms with Crippen molar-refractivity contribution >= 4 is 11.0 Å². The van der Waals surface area contributed by atoms with Crippen molar-refractivity contribution in [2.75, 3.05) is 6.61 Å². The molecule has 2 aromatic heterocycles. The maximum atomic E-state index is 9.00. The zero-order valence-corrected chi connectivity index (χ0v) is 8.01. The first-order valence-corrected chi connectivity index (χ1v) is 4.50. The molecule has 1 atom stereocenters. The van der Waals surface area contributed by atoms with Crippen molar-refractivity contribution in [3.8, 4) is 0 Å². The first kappa shape index (κ1) is 9.18. The van der Waals surface area contributed by atoms with Crippen LogP contribution in [0.25, 0.3) is 11.0 Å². The summed E-state index contributed by atoms with van der Waals surface area (Å²) in [5.41, 5.74) is 7.62. The summed E-state index contributed by atoms with van der Waals surface area (Å²) >= 11 is 0. The molecule has 74 valence electrons. The molecule has 2 aromatic rings. The second-order valence-corrected chi connectivity index (χ2v) is 3.36. The first-order valence-electron chi connectivity index (χ1n) is 4.50. The Balaban J connectivity index is 2.66. The van der Waals surface area contributed by atoms with Crippen LogP contribution in [0.4, 0.5) is 0 Å². The number of pyridine rings is 1. The van der Waals surface area contributed by atoms with E-state index in [1.165, 1.54) is 0 Å². The summed E-state index contributed by atoms with van der Waals surface area (Å²) < 4.78 is 1.92. The number of nitrogens with zero attached hydrogens (tertiary/aromatic N) is 2. The van der Waals surface area contributed by atoms with Crippen LogP contribution in [0.3, 0.4) is 0 Å². The maximum Gasteiger partial charge on any atom is 0.139 e. The number of fused-ring (bicyclic) bond motifs is 1. The third-order valence-electron chi connectivity index (χ3n) is 2.36. The Morgan fingerprint density at radius 1 is 1.64 bits per heavy atom. The number of hydrogen-bond donors (Lipinski definition) is 2. The Kier molecular flexibility index (Phi) is 2.23. The van der Waals surface area contributed by atoms with Gasteiger partial charge in [0.15, 0.2) is 0 Å². The molecular formula is C10H13N3O. The molecule has 0 aliphatic carbocycles. The summed E-state index contributed by atoms with van der Waals surface area (Å²) in [7, 11) is 1.92. The maximum absolute atomic E-state index is 9.00. The molecule has 4 nitrogen and oxygen atoms in total. The molecule has 0 amide bonds. The number of hydrogen-bond acceptors (Lipinski definition) is 3. The molecule has 0 unspecified atom stereocenters. The van der Waals surface area contributed by atoms with Gasteiger partial charge in [0.25, 0.3) is 0 Å². The Bertz CT molecular complexity index is 450. The molecule has 0 spiro atoms. The van der Waals surface area contributed by atoms with Crippen LogP contribution in [-0.4, -0.2) is 21.3 Å². The summed E-state index contributed by atoms with van der Waals surface area (Å²) in [6.07, 6.45) is 3.66. The fraction of sp³-hybridized carbons (Fsp3) is 0.300. The van der Waals surface area contributed by atoms with Gasteiger partial charge in [-0.3, -0.25) is 0 Å². The summed E-state index contributed by atoms with van der Waals surface area (Å²) in [5, 5.41) is 10.0. The molecule has 14 heavy (non-hydrogen) atoms. The van der Waals surface area contributed by atoms with E-state index in [4.69, 9.17) is 10.8 Å². The fourth-order valence-corrected chi connectivity index (χ4v) is 1.64. The van der Waals surface area contributed by atoms with E-state index >= 15 is 0 Å². The van der Waals surface area contributed by atoms with E-state index in [1.807, 2.05) is 29.9 Å². The van der Waals surface area contributed by atoms with Gasteiger partial charge < -0.3 is 15.4 Å². The molecular weight excluding hydrogens is 178 g/mol. The molecule has 2 rings (SSSR count). The molecule has 0 aliphatic rings. The highest BCUT2D eigenvalue weighted by atomic mass is 16.3. The van der Waals surface area contributed by atoms with Crippen molar-refractivity contribution in [3.63, 3.8) is 0 Å². The van der Waals surface area contributed by atoms with Crippen LogP contribution in [0, 0.1) is 0 Å². The summed E-state index contributed by atoms with van der Waals surface area (Å²) in [6.45, 7) is -0.0476. The van der Waals surface area contributed by atoms with E-state index in [1.54, 1.807) is 6.20 Å². The van der Waals surface area contributed by atoms with Crippen molar-refractivity contribution < 1.29 is 5.11 Å². The lowest BCUT2D eigenvalue weighted by Gasteiger charge is -2.05. The molecule has 2 heterocycles. The van der Waals surface area contributed by atoms with Gasteiger partial charge in [-0.05, 0) is 17.7 Å². The lowest BCUT2D eigenvalue weighted by atomic mass is 10.1. The second kappa shape index (κ2) is 3.40. The van der Waals surface area contributed by atoms with Crippen LogP contribution in [0.15, 0.2) is 24.5 Å². The normalized spacial score (nSPS) is 13.4. The number of rotatable bonds is 2. The van der Waals surface area contributed by atoms with E-state index in [0.29, 0.717) is 0 Å². The Morgan fingerprint density at radius 3 is 3.14 bits per heavy atom. The lowest BCUT2D eigenvalue weighted by Crippen LogP contribution is -2.13. The van der Waals surface area contributed by atoms with Gasteiger partial charge in [0, 0.05) is 24.8 Å². The van der Waals surface area contributed by atoms with Crippen molar-refractivity contribution in [1.82, 2.24) is 9.55 Å². The van der Waals surface area contributed by atoms with E-state index < -0.39 is 0 Å². The van der Waals surface area contributed by atoms with E-state index in [9.17, 15) is 0 Å². The number of aliphatic hydroxyl groups excluding tert-OH is 1. The highest BCUT2D eigenvalue weighted by Crippen LogP contribution is 2.22. The van der Waals surface area contributed by atoms with Crippen LogP contribution in [0.1, 0.15) is 11.6 Å². The summed E-state index contributed by atoms with van der Waals surface area (Å²) in [6, 6.07) is 3.51. The third-order valence-corrected chi connectivity index (χ3v) is 2.36. The average Bonchev–Trinajstić information content (AvgIpc) is 2.56. The minimum atomic E-state index is -0.331. The lowest BCUT2D eigenvalue weighted by molar-refractivity contribution is 0.268. The topological polar surface area (TPSA) is 64.1 Å². The zero-order chi connectivity index (χ0) is 10.1. The van der Waals surface area contributed by atoms with Crippen molar-refractivity contribution in [1.29, 1.82) is 0 Å². The van der Waals surface area contributed by atoms with Gasteiger partial charge in [-0.25, -0.2) is 4.98 Å². The molecule has 0 aliphatic heterocycles. The highest BCUT2D eigenvalue weighted by Gasteiger charge is 2.12. The minimum Gasteiger partial charge on any atom is -0.394 e. The van der Waals surface area contributed by atoms with Crippen LogP contribution in [0.5, 0.6) is 0 Å². The number of aliphatic hydroxyl groups is 1. The number of aryl methyl sites for hydroxylation is 1. The monoisotopic (exact) mass is 191 g/mol. The minimum absolute atomic E-state index is 0.0476. The number of nitrogens with two attached hydrogens (primary N) is 1. The largest absolute Gasteiger partial charge is 0.394 e. The molecule has 0 aromatic carbocycles. The van der Waals surface area contributed by atoms with Gasteiger partial charge in [0.05, 0.1) is 12.6 Å². The van der Waals surface area contributed by atoms with Gasteiger partial charge in [-0.15, -0.1) is 0 Å². The first-order chi connectivity index (χ1) is 6.74. The summed E-state index contributed by atoms with van der Waals surface area (Å²) in [4.78, 5) is 4.24. The second-order valence-electron chi connectivity index (χ2n) is 3.36. The highest BCUT2D eigenvalue weighted by molar-refractivity contribution is 5.80. The van der Waals surface area contributed by atoms with E-state index in [0.717, 1.165) is 16.6 Å². The molecule has 4 heteroatoms. The average molecular weight is 191 g/mol. The van der Waals surface area contributed by atoms with Crippen LogP contribution >= 0.6 is 0 Å². The van der Waals surface area contributed by atoms with Gasteiger partial charge in [-0.1, -0.05) is 0 Å². The Morgan fingerprint density at radius 2 is 2.43 bits per heavy atom. The van der Waals surface area contributed by atoms with Crippen LogP contribution in [-0.2, 0) is 7.05 Å². The van der Waals surface area contributed by atoms with Crippen molar-refractivity contribution in [2.24, 2.45) is 12.8 Å². The van der Waals surface area contributed by atoms with Gasteiger partial charge in [0.2, 0.25) is 0 Å². The van der Waals surface area contributed by atoms with E-state index in [2.05, 4.69) is 4.98 Å². The fourth-order valence-electron chi connectivity index (χ4n) is 1.64. The summed E-state index contributed by atoms with van der Waals surface area (Å²) in [5.74, 6) is 0. The van der Waals surface area contributed by atoms with Gasteiger partial charge in [0.1, 0.15) is 5.65 Å². The predicted octanol–water partition coefficient (Wildman–Crippen LogP) is 0.565. The quantitative estimate of drug-likeness (QED) is 0.729. The third kappa shape index (κ3) is 1.29. The molecule has 0 saturated heterocycles.